The lowest BCUT2D eigenvalue weighted by Gasteiger charge is -2.09. The first-order valence-electron chi connectivity index (χ1n) is 6.18. The van der Waals surface area contributed by atoms with Crippen LogP contribution >= 0.6 is 23.6 Å². The summed E-state index contributed by atoms with van der Waals surface area (Å²) in [5, 5.41) is 8.01. The quantitative estimate of drug-likeness (QED) is 0.827. The molecule has 0 bridgehead atoms. The van der Waals surface area contributed by atoms with E-state index in [0.29, 0.717) is 11.0 Å². The molecule has 0 spiro atoms. The predicted molar refractivity (Wildman–Crippen MR) is 77.8 cm³/mol. The summed E-state index contributed by atoms with van der Waals surface area (Å²) in [6.07, 6.45) is 4.87. The Bertz CT molecular complexity index is 375. The third-order valence-electron chi connectivity index (χ3n) is 2.74. The summed E-state index contributed by atoms with van der Waals surface area (Å²) in [5.74, 6) is 0.597. The van der Waals surface area contributed by atoms with Gasteiger partial charge in [0.2, 0.25) is 0 Å². The van der Waals surface area contributed by atoms with E-state index >= 15 is 0 Å². The number of nitrogens with one attached hydrogen (secondary N) is 2. The summed E-state index contributed by atoms with van der Waals surface area (Å²) in [5.41, 5.74) is 1.27. The van der Waals surface area contributed by atoms with E-state index in [9.17, 15) is 0 Å². The van der Waals surface area contributed by atoms with Gasteiger partial charge in [-0.1, -0.05) is 13.8 Å². The van der Waals surface area contributed by atoms with Crippen LogP contribution < -0.4 is 10.6 Å². The van der Waals surface area contributed by atoms with E-state index < -0.39 is 0 Å². The zero-order valence-corrected chi connectivity index (χ0v) is 12.0. The van der Waals surface area contributed by atoms with Crippen LogP contribution in [0.5, 0.6) is 0 Å². The molecule has 94 valence electrons. The van der Waals surface area contributed by atoms with Crippen LogP contribution in [0.15, 0.2) is 0 Å². The number of thiazole rings is 1. The van der Waals surface area contributed by atoms with Crippen molar-refractivity contribution < 1.29 is 0 Å². The summed E-state index contributed by atoms with van der Waals surface area (Å²) in [7, 11) is 0. The molecule has 1 aromatic rings. The Morgan fingerprint density at radius 2 is 2.18 bits per heavy atom. The first-order valence-corrected chi connectivity index (χ1v) is 7.41. The molecule has 0 amide bonds. The van der Waals surface area contributed by atoms with Crippen molar-refractivity contribution in [3.63, 3.8) is 0 Å². The monoisotopic (exact) mass is 269 g/mol. The van der Waals surface area contributed by atoms with Crippen molar-refractivity contribution in [1.82, 2.24) is 10.3 Å². The van der Waals surface area contributed by atoms with E-state index in [1.807, 2.05) is 0 Å². The number of aryl methyl sites for hydroxylation is 2. The van der Waals surface area contributed by atoms with Gasteiger partial charge in [-0.3, -0.25) is 0 Å². The molecule has 5 heteroatoms. The highest BCUT2D eigenvalue weighted by Crippen LogP contribution is 2.29. The molecule has 1 heterocycles. The van der Waals surface area contributed by atoms with Crippen molar-refractivity contribution in [2.75, 3.05) is 11.9 Å². The topological polar surface area (TPSA) is 37.0 Å². The fourth-order valence-corrected chi connectivity index (χ4v) is 3.14. The van der Waals surface area contributed by atoms with E-state index in [4.69, 9.17) is 12.2 Å². The fraction of sp³-hybridized carbons (Fsp3) is 0.667. The summed E-state index contributed by atoms with van der Waals surface area (Å²) in [4.78, 5) is 6.03. The Morgan fingerprint density at radius 3 is 2.88 bits per heavy atom. The maximum absolute atomic E-state index is 5.24. The molecule has 17 heavy (non-hydrogen) atoms. The highest BCUT2D eigenvalue weighted by Gasteiger charge is 2.15. The normalized spacial score (nSPS) is 14.5. The molecule has 0 aromatic carbocycles. The molecule has 2 N–H and O–H groups in total. The van der Waals surface area contributed by atoms with Crippen molar-refractivity contribution in [2.45, 2.75) is 39.5 Å². The molecular formula is C12H19N3S2. The van der Waals surface area contributed by atoms with Crippen molar-refractivity contribution in [3.8, 4) is 0 Å². The molecule has 3 nitrogen and oxygen atoms in total. The van der Waals surface area contributed by atoms with Crippen LogP contribution in [0.25, 0.3) is 0 Å². The van der Waals surface area contributed by atoms with E-state index in [1.54, 1.807) is 11.3 Å². The number of nitrogens with zero attached hydrogens (tertiary/aromatic N) is 1. The van der Waals surface area contributed by atoms with Gasteiger partial charge in [0.1, 0.15) is 0 Å². The molecule has 0 radical (unpaired) electrons. The van der Waals surface area contributed by atoms with Gasteiger partial charge < -0.3 is 10.6 Å². The molecule has 0 saturated heterocycles. The van der Waals surface area contributed by atoms with Crippen molar-refractivity contribution in [2.24, 2.45) is 5.92 Å². The minimum absolute atomic E-state index is 0.597. The van der Waals surface area contributed by atoms with Crippen LogP contribution in [0.2, 0.25) is 0 Å². The molecule has 0 unspecified atom stereocenters. The summed E-state index contributed by atoms with van der Waals surface area (Å²) in [6, 6.07) is 0. The Morgan fingerprint density at radius 1 is 1.41 bits per heavy atom. The second-order valence-corrected chi connectivity index (χ2v) is 6.32. The number of thiocarbonyl (C=S) groups is 1. The van der Waals surface area contributed by atoms with Gasteiger partial charge in [-0.2, -0.15) is 0 Å². The van der Waals surface area contributed by atoms with Crippen LogP contribution in [-0.4, -0.2) is 16.6 Å². The van der Waals surface area contributed by atoms with E-state index in [0.717, 1.165) is 18.1 Å². The van der Waals surface area contributed by atoms with Crippen LogP contribution in [-0.2, 0) is 12.8 Å². The molecule has 1 aliphatic rings. The van der Waals surface area contributed by atoms with Crippen molar-refractivity contribution in [3.05, 3.63) is 10.6 Å². The number of fused-ring (bicyclic) bond motifs is 1. The number of aromatic nitrogens is 1. The predicted octanol–water partition coefficient (Wildman–Crippen LogP) is 2.96. The summed E-state index contributed by atoms with van der Waals surface area (Å²) in [6.45, 7) is 5.23. The van der Waals surface area contributed by atoms with E-state index in [1.165, 1.54) is 29.8 Å². The van der Waals surface area contributed by atoms with Gasteiger partial charge in [0.05, 0.1) is 5.69 Å². The van der Waals surface area contributed by atoms with Gasteiger partial charge in [-0.05, 0) is 43.8 Å². The molecule has 0 atom stereocenters. The van der Waals surface area contributed by atoms with Crippen LogP contribution in [0.3, 0.4) is 0 Å². The Labute approximate surface area is 112 Å². The minimum Gasteiger partial charge on any atom is -0.362 e. The molecular weight excluding hydrogens is 250 g/mol. The first-order chi connectivity index (χ1) is 8.15. The Kier molecular flexibility index (Phi) is 4.34. The maximum atomic E-state index is 5.24. The lowest BCUT2D eigenvalue weighted by molar-refractivity contribution is 0.627. The second-order valence-electron chi connectivity index (χ2n) is 4.82. The highest BCUT2D eigenvalue weighted by atomic mass is 32.1. The zero-order valence-electron chi connectivity index (χ0n) is 10.4. The van der Waals surface area contributed by atoms with Gasteiger partial charge in [0, 0.05) is 11.4 Å². The van der Waals surface area contributed by atoms with Gasteiger partial charge in [-0.15, -0.1) is 11.3 Å². The number of hydrogen-bond donors (Lipinski definition) is 2. The van der Waals surface area contributed by atoms with Crippen LogP contribution in [0.4, 0.5) is 5.13 Å². The second kappa shape index (κ2) is 5.78. The fourth-order valence-electron chi connectivity index (χ4n) is 1.84. The van der Waals surface area contributed by atoms with Gasteiger partial charge >= 0.3 is 0 Å². The molecule has 0 saturated carbocycles. The maximum Gasteiger partial charge on any atom is 0.189 e. The number of hydrogen-bond acceptors (Lipinski definition) is 3. The lowest BCUT2D eigenvalue weighted by atomic mass is 10.0. The zero-order chi connectivity index (χ0) is 12.3. The Hall–Kier alpha value is -0.680. The Balaban J connectivity index is 1.90. The van der Waals surface area contributed by atoms with Gasteiger partial charge in [0.25, 0.3) is 0 Å². The van der Waals surface area contributed by atoms with E-state index in [-0.39, 0.29) is 0 Å². The van der Waals surface area contributed by atoms with Crippen LogP contribution in [0, 0.1) is 5.92 Å². The highest BCUT2D eigenvalue weighted by molar-refractivity contribution is 7.80. The third kappa shape index (κ3) is 3.64. The standard InChI is InChI=1S/C12H19N3S2/c1-8(2)7-13-11(16)15-12-14-9-5-3-4-6-10(9)17-12/h8H,3-7H2,1-2H3,(H2,13,14,15,16). The molecule has 0 fully saturated rings. The first kappa shape index (κ1) is 12.8. The van der Waals surface area contributed by atoms with Crippen molar-refractivity contribution >= 4 is 33.8 Å². The summed E-state index contributed by atoms with van der Waals surface area (Å²) < 4.78 is 0. The van der Waals surface area contributed by atoms with Gasteiger partial charge in [0.15, 0.2) is 10.2 Å². The smallest absolute Gasteiger partial charge is 0.189 e. The number of anilines is 1. The van der Waals surface area contributed by atoms with E-state index in [2.05, 4.69) is 29.5 Å². The summed E-state index contributed by atoms with van der Waals surface area (Å²) >= 11 is 6.99. The molecule has 1 aliphatic carbocycles. The SMILES string of the molecule is CC(C)CNC(=S)Nc1nc2c(s1)CCCC2. The van der Waals surface area contributed by atoms with Crippen molar-refractivity contribution in [1.29, 1.82) is 0 Å². The van der Waals surface area contributed by atoms with Gasteiger partial charge in [-0.25, -0.2) is 4.98 Å². The molecule has 1 aromatic heterocycles. The third-order valence-corrected chi connectivity index (χ3v) is 4.06. The molecule has 0 aliphatic heterocycles. The molecule has 2 rings (SSSR count). The lowest BCUT2D eigenvalue weighted by Crippen LogP contribution is -2.31. The largest absolute Gasteiger partial charge is 0.362 e. The minimum atomic E-state index is 0.597. The average Bonchev–Trinajstić information content (AvgIpc) is 2.68. The van der Waals surface area contributed by atoms with Crippen LogP contribution in [0.1, 0.15) is 37.3 Å². The average molecular weight is 269 g/mol. The number of rotatable bonds is 3.